The van der Waals surface area contributed by atoms with E-state index in [4.69, 9.17) is 27.9 Å². The molecule has 0 radical (unpaired) electrons. The van der Waals surface area contributed by atoms with Crippen LogP contribution in [0, 0.1) is 13.8 Å². The van der Waals surface area contributed by atoms with Crippen molar-refractivity contribution in [3.63, 3.8) is 0 Å². The molecular formula is C15H13Cl2N3O2S. The normalized spacial score (nSPS) is 11.2. The Balaban J connectivity index is 2.14. The van der Waals surface area contributed by atoms with Crippen molar-refractivity contribution < 1.29 is 9.53 Å². The Bertz CT molecular complexity index is 917. The second kappa shape index (κ2) is 6.11. The van der Waals surface area contributed by atoms with Crippen LogP contribution in [0.2, 0.25) is 10.0 Å². The van der Waals surface area contributed by atoms with E-state index in [0.29, 0.717) is 44.3 Å². The van der Waals surface area contributed by atoms with Crippen LogP contribution >= 0.6 is 34.5 Å². The highest BCUT2D eigenvalue weighted by Crippen LogP contribution is 2.35. The minimum Gasteiger partial charge on any atom is -0.462 e. The maximum absolute atomic E-state index is 12.1. The molecule has 3 rings (SSSR count). The molecular weight excluding hydrogens is 357 g/mol. The van der Waals surface area contributed by atoms with E-state index >= 15 is 0 Å². The molecule has 120 valence electrons. The molecule has 3 aromatic rings. The highest BCUT2D eigenvalue weighted by Gasteiger charge is 2.22. The quantitative estimate of drug-likeness (QED) is 0.633. The monoisotopic (exact) mass is 369 g/mol. The first-order valence-corrected chi connectivity index (χ1v) is 8.49. The lowest BCUT2D eigenvalue weighted by atomic mass is 10.2. The van der Waals surface area contributed by atoms with Crippen molar-refractivity contribution in [1.82, 2.24) is 14.8 Å². The van der Waals surface area contributed by atoms with Gasteiger partial charge in [0.15, 0.2) is 0 Å². The lowest BCUT2D eigenvalue weighted by Crippen LogP contribution is -2.07. The lowest BCUT2D eigenvalue weighted by molar-refractivity contribution is 0.0524. The van der Waals surface area contributed by atoms with Crippen LogP contribution in [0.3, 0.4) is 0 Å². The third kappa shape index (κ3) is 2.71. The maximum atomic E-state index is 12.1. The highest BCUT2D eigenvalue weighted by atomic mass is 35.5. The molecule has 2 heterocycles. The molecule has 5 nitrogen and oxygen atoms in total. The third-order valence-electron chi connectivity index (χ3n) is 3.39. The van der Waals surface area contributed by atoms with Gasteiger partial charge in [-0.2, -0.15) is 5.10 Å². The van der Waals surface area contributed by atoms with Crippen LogP contribution in [0.15, 0.2) is 12.1 Å². The smallest absolute Gasteiger partial charge is 0.341 e. The van der Waals surface area contributed by atoms with Crippen molar-refractivity contribution in [2.24, 2.45) is 0 Å². The van der Waals surface area contributed by atoms with E-state index in [1.54, 1.807) is 24.6 Å². The predicted molar refractivity (Wildman–Crippen MR) is 92.2 cm³/mol. The molecule has 0 aliphatic carbocycles. The molecule has 0 fully saturated rings. The van der Waals surface area contributed by atoms with Crippen LogP contribution in [-0.2, 0) is 4.74 Å². The Morgan fingerprint density at radius 1 is 1.35 bits per heavy atom. The molecule has 0 atom stereocenters. The number of hydrogen-bond acceptors (Lipinski definition) is 5. The molecule has 0 saturated carbocycles. The fraction of sp³-hybridized carbons (Fsp3) is 0.267. The summed E-state index contributed by atoms with van der Waals surface area (Å²) in [6.45, 7) is 5.67. The van der Waals surface area contributed by atoms with Gasteiger partial charge in [0, 0.05) is 0 Å². The summed E-state index contributed by atoms with van der Waals surface area (Å²) in [5, 5.41) is 5.91. The van der Waals surface area contributed by atoms with Gasteiger partial charge in [0.25, 0.3) is 0 Å². The first-order valence-electron chi connectivity index (χ1n) is 6.92. The van der Waals surface area contributed by atoms with Crippen molar-refractivity contribution in [3.8, 4) is 5.13 Å². The first kappa shape index (κ1) is 16.2. The van der Waals surface area contributed by atoms with Gasteiger partial charge in [0.2, 0.25) is 5.13 Å². The highest BCUT2D eigenvalue weighted by molar-refractivity contribution is 7.20. The summed E-state index contributed by atoms with van der Waals surface area (Å²) in [6, 6.07) is 3.60. The van der Waals surface area contributed by atoms with Gasteiger partial charge in [-0.05, 0) is 32.9 Å². The van der Waals surface area contributed by atoms with Crippen LogP contribution < -0.4 is 0 Å². The van der Waals surface area contributed by atoms with Crippen LogP contribution in [0.4, 0.5) is 0 Å². The first-order chi connectivity index (χ1) is 10.9. The van der Waals surface area contributed by atoms with E-state index in [2.05, 4.69) is 10.1 Å². The number of thiazole rings is 1. The Morgan fingerprint density at radius 2 is 2.09 bits per heavy atom. The topological polar surface area (TPSA) is 57.0 Å². The number of carbonyl (C=O) groups excluding carboxylic acids is 1. The number of carbonyl (C=O) groups is 1. The van der Waals surface area contributed by atoms with Gasteiger partial charge < -0.3 is 4.74 Å². The molecule has 0 bridgehead atoms. The molecule has 0 aliphatic rings. The van der Waals surface area contributed by atoms with E-state index < -0.39 is 0 Å². The Kier molecular flexibility index (Phi) is 4.31. The summed E-state index contributed by atoms with van der Waals surface area (Å²) in [5.74, 6) is -0.379. The molecule has 1 aromatic carbocycles. The predicted octanol–water partition coefficient (Wildman–Crippen LogP) is 4.58. The minimum atomic E-state index is -0.379. The Hall–Kier alpha value is -1.63. The average Bonchev–Trinajstić information content (AvgIpc) is 3.05. The van der Waals surface area contributed by atoms with Gasteiger partial charge >= 0.3 is 5.97 Å². The molecule has 23 heavy (non-hydrogen) atoms. The zero-order valence-electron chi connectivity index (χ0n) is 12.7. The number of hydrogen-bond donors (Lipinski definition) is 0. The molecule has 0 amide bonds. The van der Waals surface area contributed by atoms with Crippen LogP contribution in [-0.4, -0.2) is 27.3 Å². The van der Waals surface area contributed by atoms with Crippen molar-refractivity contribution in [2.45, 2.75) is 20.8 Å². The van der Waals surface area contributed by atoms with Crippen molar-refractivity contribution >= 4 is 50.7 Å². The van der Waals surface area contributed by atoms with Gasteiger partial charge in [-0.1, -0.05) is 34.5 Å². The summed E-state index contributed by atoms with van der Waals surface area (Å²) < 4.78 is 7.62. The summed E-state index contributed by atoms with van der Waals surface area (Å²) in [5.41, 5.74) is 2.38. The van der Waals surface area contributed by atoms with E-state index in [9.17, 15) is 4.79 Å². The molecule has 0 N–H and O–H groups in total. The fourth-order valence-corrected chi connectivity index (χ4v) is 3.74. The minimum absolute atomic E-state index is 0.318. The van der Waals surface area contributed by atoms with E-state index in [-0.39, 0.29) is 5.97 Å². The zero-order valence-corrected chi connectivity index (χ0v) is 15.0. The molecule has 0 saturated heterocycles. The third-order valence-corrected chi connectivity index (χ3v) is 5.18. The molecule has 0 unspecified atom stereocenters. The molecule has 8 heteroatoms. The number of aryl methyl sites for hydroxylation is 1. The molecule has 0 spiro atoms. The zero-order chi connectivity index (χ0) is 16.7. The van der Waals surface area contributed by atoms with Gasteiger partial charge in [-0.15, -0.1) is 0 Å². The van der Waals surface area contributed by atoms with Gasteiger partial charge in [-0.25, -0.2) is 14.5 Å². The van der Waals surface area contributed by atoms with Crippen LogP contribution in [0.1, 0.15) is 28.7 Å². The van der Waals surface area contributed by atoms with Crippen LogP contribution in [0.25, 0.3) is 15.3 Å². The number of nitrogens with zero attached hydrogens (tertiary/aromatic N) is 3. The standard InChI is InChI=1S/C15H13Cl2N3O2S/c1-4-22-14(21)11-7(2)19-20(8(11)3)15-18-13-10(23-15)6-5-9(16)12(13)17/h5-6H,4H2,1-3H3. The number of aromatic nitrogens is 3. The SMILES string of the molecule is CCOC(=O)c1c(C)nn(-c2nc3c(Cl)c(Cl)ccc3s2)c1C. The number of fused-ring (bicyclic) bond motifs is 1. The van der Waals surface area contributed by atoms with E-state index in [1.165, 1.54) is 11.3 Å². The van der Waals surface area contributed by atoms with Crippen molar-refractivity contribution in [1.29, 1.82) is 0 Å². The van der Waals surface area contributed by atoms with Gasteiger partial charge in [-0.3, -0.25) is 0 Å². The average molecular weight is 370 g/mol. The number of esters is 1. The maximum Gasteiger partial charge on any atom is 0.341 e. The summed E-state index contributed by atoms with van der Waals surface area (Å²) in [4.78, 5) is 16.6. The summed E-state index contributed by atoms with van der Waals surface area (Å²) in [7, 11) is 0. The Morgan fingerprint density at radius 3 is 2.78 bits per heavy atom. The van der Waals surface area contributed by atoms with Crippen LogP contribution in [0.5, 0.6) is 0 Å². The van der Waals surface area contributed by atoms with Gasteiger partial charge in [0.05, 0.1) is 32.7 Å². The second-order valence-electron chi connectivity index (χ2n) is 4.88. The van der Waals surface area contributed by atoms with Gasteiger partial charge in [0.1, 0.15) is 11.1 Å². The molecule has 2 aromatic heterocycles. The second-order valence-corrected chi connectivity index (χ2v) is 6.68. The summed E-state index contributed by atoms with van der Waals surface area (Å²) in [6.07, 6.45) is 0. The molecule has 0 aliphatic heterocycles. The van der Waals surface area contributed by atoms with E-state index in [0.717, 1.165) is 4.70 Å². The Labute approximate surface area is 146 Å². The largest absolute Gasteiger partial charge is 0.462 e. The van der Waals surface area contributed by atoms with Crippen molar-refractivity contribution in [3.05, 3.63) is 39.1 Å². The number of rotatable bonds is 3. The van der Waals surface area contributed by atoms with E-state index in [1.807, 2.05) is 13.0 Å². The summed E-state index contributed by atoms with van der Waals surface area (Å²) >= 11 is 13.7. The lowest BCUT2D eigenvalue weighted by Gasteiger charge is -2.02. The fourth-order valence-electron chi connectivity index (χ4n) is 2.34. The number of halogens is 2. The van der Waals surface area contributed by atoms with Crippen molar-refractivity contribution in [2.75, 3.05) is 6.61 Å². The number of benzene rings is 1. The number of ether oxygens (including phenoxy) is 1.